The molecule has 0 heterocycles. The molecule has 0 aromatic heterocycles. The van der Waals surface area contributed by atoms with Crippen LogP contribution in [0, 0.1) is 0 Å². The smallest absolute Gasteiger partial charge is 0.270 e. The Bertz CT molecular complexity index is 903. The standard InChI is InChI=1S/C14H12Br2O6S2/c1-21-23(17,18)13-7-9(15)3-5-11(13)12-6-4-10(16)8-14(12)24(19,20)22-2/h3-8H,1-2H3. The van der Waals surface area contributed by atoms with Crippen LogP contribution in [0.2, 0.25) is 0 Å². The van der Waals surface area contributed by atoms with E-state index in [1.807, 2.05) is 0 Å². The van der Waals surface area contributed by atoms with E-state index in [-0.39, 0.29) is 20.9 Å². The van der Waals surface area contributed by atoms with Gasteiger partial charge in [-0.3, -0.25) is 8.37 Å². The zero-order valence-electron chi connectivity index (χ0n) is 12.5. The van der Waals surface area contributed by atoms with Crippen molar-refractivity contribution in [2.24, 2.45) is 0 Å². The van der Waals surface area contributed by atoms with Crippen LogP contribution in [-0.4, -0.2) is 31.1 Å². The summed E-state index contributed by atoms with van der Waals surface area (Å²) in [5.41, 5.74) is 0.367. The number of hydrogen-bond acceptors (Lipinski definition) is 6. The lowest BCUT2D eigenvalue weighted by Crippen LogP contribution is -2.08. The number of rotatable bonds is 5. The summed E-state index contributed by atoms with van der Waals surface area (Å²) in [7, 11) is -6.04. The summed E-state index contributed by atoms with van der Waals surface area (Å²) in [6.07, 6.45) is 0. The lowest BCUT2D eigenvalue weighted by atomic mass is 10.1. The first-order valence-electron chi connectivity index (χ1n) is 6.33. The van der Waals surface area contributed by atoms with Crippen LogP contribution in [0.4, 0.5) is 0 Å². The maximum Gasteiger partial charge on any atom is 0.297 e. The lowest BCUT2D eigenvalue weighted by Gasteiger charge is -2.14. The molecular weight excluding hydrogens is 488 g/mol. The summed E-state index contributed by atoms with van der Waals surface area (Å²) in [5.74, 6) is 0. The van der Waals surface area contributed by atoms with E-state index in [9.17, 15) is 16.8 Å². The second-order valence-electron chi connectivity index (χ2n) is 4.52. The van der Waals surface area contributed by atoms with Crippen molar-refractivity contribution in [2.75, 3.05) is 14.2 Å². The first kappa shape index (κ1) is 19.5. The van der Waals surface area contributed by atoms with Gasteiger partial charge in [-0.2, -0.15) is 16.8 Å². The second kappa shape index (κ2) is 7.22. The lowest BCUT2D eigenvalue weighted by molar-refractivity contribution is 0.396. The van der Waals surface area contributed by atoms with E-state index >= 15 is 0 Å². The molecule has 0 aliphatic heterocycles. The fraction of sp³-hybridized carbons (Fsp3) is 0.143. The first-order valence-corrected chi connectivity index (χ1v) is 10.7. The number of benzene rings is 2. The van der Waals surface area contributed by atoms with Crippen molar-refractivity contribution >= 4 is 52.1 Å². The summed E-state index contributed by atoms with van der Waals surface area (Å²) >= 11 is 6.41. The molecule has 0 radical (unpaired) electrons. The van der Waals surface area contributed by atoms with Gasteiger partial charge in [0.05, 0.1) is 14.2 Å². The third-order valence-electron chi connectivity index (χ3n) is 3.15. The molecule has 2 aromatic carbocycles. The molecule has 0 aliphatic rings. The maximum absolute atomic E-state index is 12.2. The molecule has 24 heavy (non-hydrogen) atoms. The zero-order chi connectivity index (χ0) is 18.1. The second-order valence-corrected chi connectivity index (χ2v) is 9.72. The average molecular weight is 500 g/mol. The zero-order valence-corrected chi connectivity index (χ0v) is 17.3. The minimum atomic E-state index is -4.06. The number of hydrogen-bond donors (Lipinski definition) is 0. The molecule has 0 unspecified atom stereocenters. The van der Waals surface area contributed by atoms with Gasteiger partial charge in [0.2, 0.25) is 0 Å². The first-order chi connectivity index (χ1) is 11.1. The van der Waals surface area contributed by atoms with Crippen LogP contribution in [-0.2, 0) is 28.6 Å². The van der Waals surface area contributed by atoms with Crippen LogP contribution >= 0.6 is 31.9 Å². The molecule has 0 N–H and O–H groups in total. The van der Waals surface area contributed by atoms with Gasteiger partial charge in [-0.15, -0.1) is 0 Å². The fourth-order valence-electron chi connectivity index (χ4n) is 2.03. The van der Waals surface area contributed by atoms with Gasteiger partial charge in [-0.25, -0.2) is 0 Å². The SMILES string of the molecule is COS(=O)(=O)c1cc(Br)ccc1-c1ccc(Br)cc1S(=O)(=O)OC. The highest BCUT2D eigenvalue weighted by atomic mass is 79.9. The van der Waals surface area contributed by atoms with Crippen LogP contribution < -0.4 is 0 Å². The Morgan fingerprint density at radius 1 is 0.708 bits per heavy atom. The summed E-state index contributed by atoms with van der Waals surface area (Å²) in [6.45, 7) is 0. The quantitative estimate of drug-likeness (QED) is 0.584. The van der Waals surface area contributed by atoms with Gasteiger partial charge in [-0.05, 0) is 24.3 Å². The van der Waals surface area contributed by atoms with Gasteiger partial charge in [0.1, 0.15) is 9.79 Å². The van der Waals surface area contributed by atoms with Crippen LogP contribution in [0.1, 0.15) is 0 Å². The van der Waals surface area contributed by atoms with Crippen LogP contribution in [0.25, 0.3) is 11.1 Å². The van der Waals surface area contributed by atoms with Gasteiger partial charge >= 0.3 is 0 Å². The molecule has 0 fully saturated rings. The highest BCUT2D eigenvalue weighted by Gasteiger charge is 2.25. The van der Waals surface area contributed by atoms with Gasteiger partial charge in [-0.1, -0.05) is 44.0 Å². The van der Waals surface area contributed by atoms with Crippen molar-refractivity contribution in [3.8, 4) is 11.1 Å². The van der Waals surface area contributed by atoms with Crippen molar-refractivity contribution < 1.29 is 25.2 Å². The largest absolute Gasteiger partial charge is 0.297 e. The number of halogens is 2. The fourth-order valence-corrected chi connectivity index (χ4v) is 4.85. The van der Waals surface area contributed by atoms with E-state index < -0.39 is 20.2 Å². The van der Waals surface area contributed by atoms with Crippen molar-refractivity contribution in [1.82, 2.24) is 0 Å². The highest BCUT2D eigenvalue weighted by Crippen LogP contribution is 2.36. The van der Waals surface area contributed by atoms with Crippen molar-refractivity contribution in [2.45, 2.75) is 9.79 Å². The summed E-state index contributed by atoms with van der Waals surface area (Å²) in [4.78, 5) is -0.316. The van der Waals surface area contributed by atoms with Crippen LogP contribution in [0.15, 0.2) is 55.1 Å². The monoisotopic (exact) mass is 498 g/mol. The van der Waals surface area contributed by atoms with E-state index in [0.717, 1.165) is 14.2 Å². The average Bonchev–Trinajstić information content (AvgIpc) is 2.55. The van der Waals surface area contributed by atoms with Gasteiger partial charge in [0.15, 0.2) is 0 Å². The third-order valence-corrected chi connectivity index (χ3v) is 6.77. The Hall–Kier alpha value is -0.780. The Balaban J connectivity index is 2.89. The minimum absolute atomic E-state index is 0.158. The predicted octanol–water partition coefficient (Wildman–Crippen LogP) is 3.55. The molecule has 0 saturated carbocycles. The summed E-state index contributed by atoms with van der Waals surface area (Å²) in [5, 5.41) is 0. The molecule has 0 atom stereocenters. The Kier molecular flexibility index (Phi) is 5.88. The molecule has 0 spiro atoms. The topological polar surface area (TPSA) is 86.7 Å². The molecule has 2 aromatic rings. The molecule has 0 bridgehead atoms. The Morgan fingerprint density at radius 3 is 1.33 bits per heavy atom. The van der Waals surface area contributed by atoms with E-state index in [1.54, 1.807) is 12.1 Å². The van der Waals surface area contributed by atoms with E-state index in [4.69, 9.17) is 0 Å². The van der Waals surface area contributed by atoms with Crippen LogP contribution in [0.3, 0.4) is 0 Å². The van der Waals surface area contributed by atoms with Crippen molar-refractivity contribution in [3.63, 3.8) is 0 Å². The van der Waals surface area contributed by atoms with Gasteiger partial charge < -0.3 is 0 Å². The highest BCUT2D eigenvalue weighted by molar-refractivity contribution is 9.10. The molecule has 0 aliphatic carbocycles. The van der Waals surface area contributed by atoms with Crippen molar-refractivity contribution in [3.05, 3.63) is 45.3 Å². The van der Waals surface area contributed by atoms with Gasteiger partial charge in [0, 0.05) is 20.1 Å². The summed E-state index contributed by atoms with van der Waals surface area (Å²) in [6, 6.07) is 8.89. The normalized spacial score (nSPS) is 12.3. The molecule has 130 valence electrons. The molecule has 0 saturated heterocycles. The predicted molar refractivity (Wildman–Crippen MR) is 95.7 cm³/mol. The molecular formula is C14H12Br2O6S2. The maximum atomic E-state index is 12.2. The molecule has 0 amide bonds. The molecule has 10 heteroatoms. The molecule has 6 nitrogen and oxygen atoms in total. The minimum Gasteiger partial charge on any atom is -0.270 e. The van der Waals surface area contributed by atoms with Crippen molar-refractivity contribution in [1.29, 1.82) is 0 Å². The van der Waals surface area contributed by atoms with E-state index in [0.29, 0.717) is 8.95 Å². The van der Waals surface area contributed by atoms with E-state index in [2.05, 4.69) is 40.2 Å². The van der Waals surface area contributed by atoms with E-state index in [1.165, 1.54) is 24.3 Å². The third kappa shape index (κ3) is 3.89. The Labute approximate surface area is 157 Å². The molecule has 2 rings (SSSR count). The van der Waals surface area contributed by atoms with Gasteiger partial charge in [0.25, 0.3) is 20.2 Å². The Morgan fingerprint density at radius 2 is 1.04 bits per heavy atom. The van der Waals surface area contributed by atoms with Crippen LogP contribution in [0.5, 0.6) is 0 Å². The summed E-state index contributed by atoms with van der Waals surface area (Å²) < 4.78 is 59.0.